The van der Waals surface area contributed by atoms with Gasteiger partial charge in [0.15, 0.2) is 0 Å². The van der Waals surface area contributed by atoms with Crippen molar-refractivity contribution in [3.05, 3.63) is 98.8 Å². The molecule has 0 unspecified atom stereocenters. The van der Waals surface area contributed by atoms with Crippen molar-refractivity contribution in [2.45, 2.75) is 13.5 Å². The molecule has 3 aromatic carbocycles. The van der Waals surface area contributed by atoms with Gasteiger partial charge in [0.2, 0.25) is 5.13 Å². The van der Waals surface area contributed by atoms with Gasteiger partial charge < -0.3 is 4.74 Å². The first-order valence-corrected chi connectivity index (χ1v) is 11.6. The highest BCUT2D eigenvalue weighted by Gasteiger charge is 2.05. The van der Waals surface area contributed by atoms with E-state index in [2.05, 4.69) is 31.4 Å². The molecule has 1 heterocycles. The van der Waals surface area contributed by atoms with Gasteiger partial charge in [-0.3, -0.25) is 5.43 Å². The van der Waals surface area contributed by atoms with Gasteiger partial charge in [-0.25, -0.2) is 4.98 Å². The van der Waals surface area contributed by atoms with Gasteiger partial charge in [-0.2, -0.15) is 5.10 Å². The number of hydrogen-bond acceptors (Lipinski definition) is 5. The fraction of sp³-hybridized carbons (Fsp3) is 0.0833. The Bertz CT molecular complexity index is 1190. The minimum Gasteiger partial charge on any atom is -0.489 e. The summed E-state index contributed by atoms with van der Waals surface area (Å²) in [6.07, 6.45) is 0. The lowest BCUT2D eigenvalue weighted by atomic mass is 10.1. The summed E-state index contributed by atoms with van der Waals surface area (Å²) in [7, 11) is 0. The van der Waals surface area contributed by atoms with Gasteiger partial charge in [-0.15, -0.1) is 11.3 Å². The van der Waals surface area contributed by atoms with Crippen LogP contribution in [0.15, 0.2) is 87.8 Å². The second kappa shape index (κ2) is 10.1. The topological polar surface area (TPSA) is 46.5 Å². The third-order valence-electron chi connectivity index (χ3n) is 4.59. The molecule has 0 saturated carbocycles. The number of rotatable bonds is 7. The van der Waals surface area contributed by atoms with Crippen molar-refractivity contribution in [1.82, 2.24) is 4.98 Å². The van der Waals surface area contributed by atoms with E-state index in [1.165, 1.54) is 11.3 Å². The lowest BCUT2D eigenvalue weighted by molar-refractivity contribution is 0.306. The molecule has 0 aliphatic rings. The standard InChI is InChI=1S/C24H19BrClN3OS/c1-16(28-29-24-27-23(15-31-24)18-6-10-20(25)11-7-18)17-8-12-21(13-9-17)30-14-19-4-2-3-5-22(19)26/h2-13,15H,14H2,1H3,(H,27,29)/b28-16+. The van der Waals surface area contributed by atoms with E-state index in [4.69, 9.17) is 16.3 Å². The van der Waals surface area contributed by atoms with E-state index in [0.29, 0.717) is 11.6 Å². The second-order valence-corrected chi connectivity index (χ2v) is 8.94. The zero-order chi connectivity index (χ0) is 21.6. The van der Waals surface area contributed by atoms with Gasteiger partial charge in [0.25, 0.3) is 0 Å². The molecule has 4 rings (SSSR count). The normalized spacial score (nSPS) is 11.4. The smallest absolute Gasteiger partial charge is 0.203 e. The fourth-order valence-electron chi connectivity index (χ4n) is 2.84. The van der Waals surface area contributed by atoms with E-state index in [0.717, 1.165) is 43.4 Å². The number of anilines is 1. The van der Waals surface area contributed by atoms with Crippen molar-refractivity contribution in [2.75, 3.05) is 5.43 Å². The molecule has 31 heavy (non-hydrogen) atoms. The number of benzene rings is 3. The molecular weight excluding hydrogens is 494 g/mol. The van der Waals surface area contributed by atoms with Crippen molar-refractivity contribution < 1.29 is 4.74 Å². The summed E-state index contributed by atoms with van der Waals surface area (Å²) in [6, 6.07) is 23.6. The van der Waals surface area contributed by atoms with Crippen LogP contribution in [0.4, 0.5) is 5.13 Å². The molecule has 0 aliphatic heterocycles. The van der Waals surface area contributed by atoms with Crippen molar-refractivity contribution in [2.24, 2.45) is 5.10 Å². The molecule has 0 radical (unpaired) electrons. The summed E-state index contributed by atoms with van der Waals surface area (Å²) < 4.78 is 6.88. The van der Waals surface area contributed by atoms with Crippen molar-refractivity contribution in [3.8, 4) is 17.0 Å². The highest BCUT2D eigenvalue weighted by Crippen LogP contribution is 2.26. The number of hydrazone groups is 1. The Hall–Kier alpha value is -2.67. The molecule has 7 heteroatoms. The average Bonchev–Trinajstić information content (AvgIpc) is 3.27. The van der Waals surface area contributed by atoms with E-state index in [1.807, 2.05) is 85.1 Å². The maximum absolute atomic E-state index is 6.18. The van der Waals surface area contributed by atoms with E-state index < -0.39 is 0 Å². The van der Waals surface area contributed by atoms with Crippen LogP contribution in [0.2, 0.25) is 5.02 Å². The highest BCUT2D eigenvalue weighted by atomic mass is 79.9. The predicted octanol–water partition coefficient (Wildman–Crippen LogP) is 7.64. The molecule has 1 N–H and O–H groups in total. The molecular formula is C24H19BrClN3OS. The van der Waals surface area contributed by atoms with Crippen LogP contribution in [-0.4, -0.2) is 10.7 Å². The number of nitrogens with zero attached hydrogens (tertiary/aromatic N) is 2. The first kappa shape index (κ1) is 21.6. The Balaban J connectivity index is 1.36. The molecule has 0 bridgehead atoms. The van der Waals surface area contributed by atoms with Gasteiger partial charge in [-0.1, -0.05) is 57.9 Å². The second-order valence-electron chi connectivity index (χ2n) is 6.76. The Morgan fingerprint density at radius 2 is 1.81 bits per heavy atom. The number of nitrogens with one attached hydrogen (secondary N) is 1. The molecule has 0 fully saturated rings. The zero-order valence-electron chi connectivity index (χ0n) is 16.7. The predicted molar refractivity (Wildman–Crippen MR) is 133 cm³/mol. The van der Waals surface area contributed by atoms with Crippen molar-refractivity contribution in [1.29, 1.82) is 0 Å². The summed E-state index contributed by atoms with van der Waals surface area (Å²) in [5, 5.41) is 7.94. The molecule has 0 atom stereocenters. The van der Waals surface area contributed by atoms with Crippen LogP contribution >= 0.6 is 38.9 Å². The monoisotopic (exact) mass is 511 g/mol. The number of hydrogen-bond donors (Lipinski definition) is 1. The molecule has 0 amide bonds. The van der Waals surface area contributed by atoms with Crippen LogP contribution in [0, 0.1) is 0 Å². The molecule has 0 spiro atoms. The third-order valence-corrected chi connectivity index (χ3v) is 6.23. The first-order valence-electron chi connectivity index (χ1n) is 9.57. The van der Waals surface area contributed by atoms with E-state index in [1.54, 1.807) is 0 Å². The van der Waals surface area contributed by atoms with Gasteiger partial charge in [0.1, 0.15) is 12.4 Å². The number of ether oxygens (including phenoxy) is 1. The summed E-state index contributed by atoms with van der Waals surface area (Å²) in [5.74, 6) is 0.781. The Labute approximate surface area is 198 Å². The molecule has 1 aromatic heterocycles. The quantitative estimate of drug-likeness (QED) is 0.204. The molecule has 4 nitrogen and oxygen atoms in total. The number of aromatic nitrogens is 1. The Morgan fingerprint density at radius 1 is 1.06 bits per heavy atom. The van der Waals surface area contributed by atoms with Crippen LogP contribution < -0.4 is 10.2 Å². The van der Waals surface area contributed by atoms with Crippen LogP contribution in [0.3, 0.4) is 0 Å². The maximum atomic E-state index is 6.18. The van der Waals surface area contributed by atoms with E-state index in [9.17, 15) is 0 Å². The lowest BCUT2D eigenvalue weighted by Gasteiger charge is -2.08. The van der Waals surface area contributed by atoms with Crippen LogP contribution in [0.1, 0.15) is 18.1 Å². The molecule has 156 valence electrons. The summed E-state index contributed by atoms with van der Waals surface area (Å²) in [6.45, 7) is 2.38. The molecule has 0 saturated heterocycles. The fourth-order valence-corrected chi connectivity index (χ4v) is 3.96. The lowest BCUT2D eigenvalue weighted by Crippen LogP contribution is -2.00. The number of thiazole rings is 1. The van der Waals surface area contributed by atoms with Gasteiger partial charge >= 0.3 is 0 Å². The Morgan fingerprint density at radius 3 is 2.55 bits per heavy atom. The van der Waals surface area contributed by atoms with Gasteiger partial charge in [0.05, 0.1) is 11.4 Å². The minimum atomic E-state index is 0.429. The van der Waals surface area contributed by atoms with Crippen LogP contribution in [0.5, 0.6) is 5.75 Å². The SMILES string of the molecule is C/C(=N\Nc1nc(-c2ccc(Br)cc2)cs1)c1ccc(OCc2ccccc2Cl)cc1. The van der Waals surface area contributed by atoms with E-state index in [-0.39, 0.29) is 0 Å². The van der Waals surface area contributed by atoms with E-state index >= 15 is 0 Å². The average molecular weight is 513 g/mol. The first-order chi connectivity index (χ1) is 15.1. The molecule has 4 aromatic rings. The van der Waals surface area contributed by atoms with Crippen LogP contribution in [-0.2, 0) is 6.61 Å². The van der Waals surface area contributed by atoms with Crippen LogP contribution in [0.25, 0.3) is 11.3 Å². The summed E-state index contributed by atoms with van der Waals surface area (Å²) in [5.41, 5.74) is 7.87. The van der Waals surface area contributed by atoms with Crippen molar-refractivity contribution in [3.63, 3.8) is 0 Å². The molecule has 0 aliphatic carbocycles. The highest BCUT2D eigenvalue weighted by molar-refractivity contribution is 9.10. The minimum absolute atomic E-state index is 0.429. The summed E-state index contributed by atoms with van der Waals surface area (Å²) in [4.78, 5) is 4.60. The van der Waals surface area contributed by atoms with Gasteiger partial charge in [0, 0.05) is 26.0 Å². The Kier molecular flexibility index (Phi) is 7.02. The largest absolute Gasteiger partial charge is 0.489 e. The zero-order valence-corrected chi connectivity index (χ0v) is 19.8. The maximum Gasteiger partial charge on any atom is 0.203 e. The van der Waals surface area contributed by atoms with Gasteiger partial charge in [-0.05, 0) is 55.0 Å². The van der Waals surface area contributed by atoms with Crippen molar-refractivity contribution >= 4 is 49.7 Å². The summed E-state index contributed by atoms with van der Waals surface area (Å²) >= 11 is 11.1. The third kappa shape index (κ3) is 5.73. The number of halogens is 2.